The Morgan fingerprint density at radius 3 is 2.45 bits per heavy atom. The first-order valence-corrected chi connectivity index (χ1v) is 7.28. The summed E-state index contributed by atoms with van der Waals surface area (Å²) in [5.41, 5.74) is 1.20. The molecule has 0 bridgehead atoms. The fraction of sp³-hybridized carbons (Fsp3) is 0.562. The number of nitrogens with zero attached hydrogens (tertiary/aromatic N) is 1. The van der Waals surface area contributed by atoms with Crippen molar-refractivity contribution in [3.05, 3.63) is 23.8 Å². The Kier molecular flexibility index (Phi) is 6.36. The van der Waals surface area contributed by atoms with E-state index in [1.807, 2.05) is 25.1 Å². The number of aromatic hydroxyl groups is 1. The molecule has 112 valence electrons. The standard InChI is InChI=1S/C16H26N2O2/c1-5-12(6-2)9-10-17-16(20)14-8-7-13(18(3)4)11-15(14)19/h7-8,11-12,19H,5-6,9-10H2,1-4H3,(H,17,20). The predicted molar refractivity (Wildman–Crippen MR) is 83.5 cm³/mol. The number of hydrogen-bond acceptors (Lipinski definition) is 3. The smallest absolute Gasteiger partial charge is 0.255 e. The van der Waals surface area contributed by atoms with Crippen molar-refractivity contribution in [2.75, 3.05) is 25.5 Å². The highest BCUT2D eigenvalue weighted by Crippen LogP contribution is 2.23. The van der Waals surface area contributed by atoms with Crippen LogP contribution in [0.4, 0.5) is 5.69 Å². The van der Waals surface area contributed by atoms with Gasteiger partial charge in [0.2, 0.25) is 0 Å². The Morgan fingerprint density at radius 1 is 1.30 bits per heavy atom. The molecule has 4 heteroatoms. The fourth-order valence-electron chi connectivity index (χ4n) is 2.17. The molecule has 0 aliphatic carbocycles. The summed E-state index contributed by atoms with van der Waals surface area (Å²) in [6.07, 6.45) is 3.25. The third-order valence-electron chi connectivity index (χ3n) is 3.74. The lowest BCUT2D eigenvalue weighted by molar-refractivity contribution is 0.0948. The summed E-state index contributed by atoms with van der Waals surface area (Å²) in [5.74, 6) is 0.468. The van der Waals surface area contributed by atoms with Gasteiger partial charge < -0.3 is 15.3 Å². The molecule has 20 heavy (non-hydrogen) atoms. The van der Waals surface area contributed by atoms with E-state index in [2.05, 4.69) is 19.2 Å². The summed E-state index contributed by atoms with van der Waals surface area (Å²) in [4.78, 5) is 13.9. The first kappa shape index (κ1) is 16.3. The summed E-state index contributed by atoms with van der Waals surface area (Å²) in [6, 6.07) is 5.10. The summed E-state index contributed by atoms with van der Waals surface area (Å²) >= 11 is 0. The maximum Gasteiger partial charge on any atom is 0.255 e. The second-order valence-corrected chi connectivity index (χ2v) is 5.32. The van der Waals surface area contributed by atoms with Crippen LogP contribution in [0.1, 0.15) is 43.5 Å². The number of rotatable bonds is 7. The lowest BCUT2D eigenvalue weighted by Gasteiger charge is -2.15. The van der Waals surface area contributed by atoms with Crippen LogP contribution in [0.3, 0.4) is 0 Å². The Balaban J connectivity index is 2.60. The molecule has 2 N–H and O–H groups in total. The van der Waals surface area contributed by atoms with Gasteiger partial charge in [0.25, 0.3) is 5.91 Å². The van der Waals surface area contributed by atoms with Gasteiger partial charge in [-0.1, -0.05) is 26.7 Å². The lowest BCUT2D eigenvalue weighted by atomic mass is 9.99. The molecule has 0 aliphatic heterocycles. The van der Waals surface area contributed by atoms with Gasteiger partial charge >= 0.3 is 0 Å². The number of hydrogen-bond donors (Lipinski definition) is 2. The van der Waals surface area contributed by atoms with Crippen molar-refractivity contribution in [2.45, 2.75) is 33.1 Å². The molecule has 0 fully saturated rings. The van der Waals surface area contributed by atoms with Crippen LogP contribution in [0.25, 0.3) is 0 Å². The molecular formula is C16H26N2O2. The molecule has 0 aliphatic rings. The van der Waals surface area contributed by atoms with Crippen molar-refractivity contribution < 1.29 is 9.90 Å². The van der Waals surface area contributed by atoms with Gasteiger partial charge in [0.05, 0.1) is 5.56 Å². The van der Waals surface area contributed by atoms with Gasteiger partial charge in [-0.3, -0.25) is 4.79 Å². The van der Waals surface area contributed by atoms with Gasteiger partial charge in [-0.25, -0.2) is 0 Å². The van der Waals surface area contributed by atoms with E-state index in [1.165, 1.54) is 0 Å². The van der Waals surface area contributed by atoms with Crippen molar-refractivity contribution in [3.8, 4) is 5.75 Å². The average molecular weight is 278 g/mol. The molecule has 1 rings (SSSR count). The number of benzene rings is 1. The summed E-state index contributed by atoms with van der Waals surface area (Å²) < 4.78 is 0. The van der Waals surface area contributed by atoms with E-state index in [9.17, 15) is 9.90 Å². The first-order chi connectivity index (χ1) is 9.49. The predicted octanol–water partition coefficient (Wildman–Crippen LogP) is 3.01. The van der Waals surface area contributed by atoms with Crippen molar-refractivity contribution in [2.24, 2.45) is 5.92 Å². The zero-order valence-electron chi connectivity index (χ0n) is 12.9. The number of carbonyl (C=O) groups is 1. The third kappa shape index (κ3) is 4.44. The zero-order valence-corrected chi connectivity index (χ0v) is 12.9. The van der Waals surface area contributed by atoms with E-state index >= 15 is 0 Å². The van der Waals surface area contributed by atoms with Gasteiger partial charge in [0.15, 0.2) is 0 Å². The monoisotopic (exact) mass is 278 g/mol. The van der Waals surface area contributed by atoms with E-state index in [-0.39, 0.29) is 11.7 Å². The van der Waals surface area contributed by atoms with Crippen LogP contribution in [0.2, 0.25) is 0 Å². The minimum atomic E-state index is -0.209. The zero-order chi connectivity index (χ0) is 15.1. The van der Waals surface area contributed by atoms with Gasteiger partial charge in [-0.05, 0) is 24.5 Å². The molecule has 0 saturated heterocycles. The van der Waals surface area contributed by atoms with Gasteiger partial charge in [0.1, 0.15) is 5.75 Å². The van der Waals surface area contributed by atoms with Crippen LogP contribution in [0.5, 0.6) is 5.75 Å². The average Bonchev–Trinajstić information content (AvgIpc) is 2.43. The number of phenols is 1. The molecule has 4 nitrogen and oxygen atoms in total. The minimum absolute atomic E-state index is 0.0243. The quantitative estimate of drug-likeness (QED) is 0.806. The largest absolute Gasteiger partial charge is 0.507 e. The maximum absolute atomic E-state index is 12.0. The summed E-state index contributed by atoms with van der Waals surface area (Å²) in [7, 11) is 3.79. The molecular weight excluding hydrogens is 252 g/mol. The van der Waals surface area contributed by atoms with Gasteiger partial charge in [0, 0.05) is 32.4 Å². The molecule has 0 aromatic heterocycles. The molecule has 1 aromatic carbocycles. The third-order valence-corrected chi connectivity index (χ3v) is 3.74. The second-order valence-electron chi connectivity index (χ2n) is 5.32. The molecule has 0 heterocycles. The number of phenolic OH excluding ortho intramolecular Hbond substituents is 1. The number of nitrogens with one attached hydrogen (secondary N) is 1. The normalized spacial score (nSPS) is 10.7. The Labute approximate surface area is 121 Å². The van der Waals surface area contributed by atoms with Crippen molar-refractivity contribution in [1.82, 2.24) is 5.32 Å². The fourth-order valence-corrected chi connectivity index (χ4v) is 2.17. The van der Waals surface area contributed by atoms with Crippen molar-refractivity contribution in [3.63, 3.8) is 0 Å². The van der Waals surface area contributed by atoms with Crippen LogP contribution in [-0.2, 0) is 0 Å². The summed E-state index contributed by atoms with van der Waals surface area (Å²) in [5, 5.41) is 12.8. The van der Waals surface area contributed by atoms with Crippen LogP contribution in [0.15, 0.2) is 18.2 Å². The molecule has 1 aromatic rings. The van der Waals surface area contributed by atoms with E-state index in [4.69, 9.17) is 0 Å². The van der Waals surface area contributed by atoms with E-state index < -0.39 is 0 Å². The van der Waals surface area contributed by atoms with Crippen LogP contribution in [0, 0.1) is 5.92 Å². The van der Waals surface area contributed by atoms with Gasteiger partial charge in [-0.15, -0.1) is 0 Å². The molecule has 0 spiro atoms. The molecule has 0 atom stereocenters. The van der Waals surface area contributed by atoms with Crippen molar-refractivity contribution in [1.29, 1.82) is 0 Å². The minimum Gasteiger partial charge on any atom is -0.507 e. The molecule has 1 amide bonds. The first-order valence-electron chi connectivity index (χ1n) is 7.28. The number of carbonyl (C=O) groups excluding carboxylic acids is 1. The van der Waals surface area contributed by atoms with E-state index in [0.717, 1.165) is 24.9 Å². The molecule has 0 unspecified atom stereocenters. The highest BCUT2D eigenvalue weighted by molar-refractivity contribution is 5.97. The van der Waals surface area contributed by atoms with Crippen LogP contribution in [-0.4, -0.2) is 31.7 Å². The topological polar surface area (TPSA) is 52.6 Å². The Bertz CT molecular complexity index is 440. The Hall–Kier alpha value is -1.71. The van der Waals surface area contributed by atoms with E-state index in [1.54, 1.807) is 12.1 Å². The highest BCUT2D eigenvalue weighted by Gasteiger charge is 2.12. The highest BCUT2D eigenvalue weighted by atomic mass is 16.3. The van der Waals surface area contributed by atoms with Crippen molar-refractivity contribution >= 4 is 11.6 Å². The molecule has 0 saturated carbocycles. The summed E-state index contributed by atoms with van der Waals surface area (Å²) in [6.45, 7) is 4.99. The van der Waals surface area contributed by atoms with Gasteiger partial charge in [-0.2, -0.15) is 0 Å². The second kappa shape index (κ2) is 7.78. The number of anilines is 1. The maximum atomic E-state index is 12.0. The van der Waals surface area contributed by atoms with Crippen LogP contribution < -0.4 is 10.2 Å². The molecule has 0 radical (unpaired) electrons. The Morgan fingerprint density at radius 2 is 1.95 bits per heavy atom. The van der Waals surface area contributed by atoms with Crippen LogP contribution >= 0.6 is 0 Å². The SMILES string of the molecule is CCC(CC)CCNC(=O)c1ccc(N(C)C)cc1O. The lowest BCUT2D eigenvalue weighted by Crippen LogP contribution is -2.26. The van der Waals surface area contributed by atoms with E-state index in [0.29, 0.717) is 18.0 Å². The number of amides is 1.